The minimum Gasteiger partial charge on any atom is -0.299 e. The Bertz CT molecular complexity index is 719. The quantitative estimate of drug-likeness (QED) is 0.718. The van der Waals surface area contributed by atoms with E-state index >= 15 is 0 Å². The first-order chi connectivity index (χ1) is 11.9. The fourth-order valence-electron chi connectivity index (χ4n) is 3.42. The van der Waals surface area contributed by atoms with Crippen molar-refractivity contribution in [2.75, 3.05) is 19.8 Å². The molecule has 3 rings (SSSR count). The predicted octanol–water partition coefficient (Wildman–Crippen LogP) is 1.95. The zero-order chi connectivity index (χ0) is 18.1. The van der Waals surface area contributed by atoms with Crippen molar-refractivity contribution < 1.29 is 19.0 Å². The number of imide groups is 1. The summed E-state index contributed by atoms with van der Waals surface area (Å²) < 4.78 is 1.43. The summed E-state index contributed by atoms with van der Waals surface area (Å²) in [5, 5.41) is 0.581. The van der Waals surface area contributed by atoms with Gasteiger partial charge in [0.15, 0.2) is 5.92 Å². The molecule has 2 heterocycles. The number of amidine groups is 2. The van der Waals surface area contributed by atoms with Gasteiger partial charge in [-0.15, -0.1) is 11.8 Å². The number of thioether (sulfide) groups is 1. The Labute approximate surface area is 151 Å². The summed E-state index contributed by atoms with van der Waals surface area (Å²) in [5.74, 6) is 0.660. The molecule has 1 atom stereocenters. The Hall–Kier alpha value is -1.83. The van der Waals surface area contributed by atoms with Gasteiger partial charge in [-0.05, 0) is 19.8 Å². The van der Waals surface area contributed by atoms with Crippen LogP contribution in [0.4, 0.5) is 4.79 Å². The monoisotopic (exact) mass is 363 g/mol. The maximum atomic E-state index is 12.7. The number of carbonyl (C=O) groups excluding carboxylic acids is 3. The molecule has 134 valence electrons. The lowest BCUT2D eigenvalue weighted by Crippen LogP contribution is -2.55. The highest BCUT2D eigenvalue weighted by molar-refractivity contribution is 8.14. The van der Waals surface area contributed by atoms with Crippen LogP contribution in [0.3, 0.4) is 0 Å². The molecule has 1 fully saturated rings. The van der Waals surface area contributed by atoms with Crippen LogP contribution in [0.5, 0.6) is 0 Å². The standard InChI is InChI=1S/C17H23N4O3S/c1-10(22)9-25-15-12-14(20(2)17(24)21(3)16(12)23)18-13(19-15)11-7-5-4-6-8-11/h11-12H,4-9H2,1-3H3/q+1. The third-order valence-corrected chi connectivity index (χ3v) is 6.02. The second kappa shape index (κ2) is 7.19. The van der Waals surface area contributed by atoms with E-state index in [4.69, 9.17) is 0 Å². The molecule has 2 aliphatic heterocycles. The van der Waals surface area contributed by atoms with Crippen molar-refractivity contribution >= 4 is 46.2 Å². The summed E-state index contributed by atoms with van der Waals surface area (Å²) in [4.78, 5) is 46.8. The lowest BCUT2D eigenvalue weighted by Gasteiger charge is -2.28. The van der Waals surface area contributed by atoms with Crippen molar-refractivity contribution in [1.82, 2.24) is 4.90 Å². The van der Waals surface area contributed by atoms with Gasteiger partial charge >= 0.3 is 11.9 Å². The Kier molecular flexibility index (Phi) is 5.17. The number of amides is 3. The van der Waals surface area contributed by atoms with Gasteiger partial charge in [-0.2, -0.15) is 9.48 Å². The Morgan fingerprint density at radius 3 is 2.56 bits per heavy atom. The lowest BCUT2D eigenvalue weighted by molar-refractivity contribution is -0.407. The highest BCUT2D eigenvalue weighted by Crippen LogP contribution is 2.31. The third kappa shape index (κ3) is 3.44. The van der Waals surface area contributed by atoms with E-state index in [-0.39, 0.29) is 29.4 Å². The van der Waals surface area contributed by atoms with E-state index in [1.807, 2.05) is 0 Å². The number of carbonyl (C=O) groups is 3. The Morgan fingerprint density at radius 2 is 1.92 bits per heavy atom. The maximum absolute atomic E-state index is 12.7. The molecule has 0 spiro atoms. The van der Waals surface area contributed by atoms with Gasteiger partial charge < -0.3 is 0 Å². The highest BCUT2D eigenvalue weighted by atomic mass is 32.2. The van der Waals surface area contributed by atoms with Crippen molar-refractivity contribution in [3.8, 4) is 0 Å². The minimum absolute atomic E-state index is 0.0250. The first-order valence-corrected chi connectivity index (χ1v) is 9.60. The van der Waals surface area contributed by atoms with E-state index in [9.17, 15) is 14.4 Å². The molecule has 0 saturated heterocycles. The van der Waals surface area contributed by atoms with Gasteiger partial charge in [-0.3, -0.25) is 9.59 Å². The number of ketones is 1. The van der Waals surface area contributed by atoms with Gasteiger partial charge in [-0.1, -0.05) is 24.3 Å². The van der Waals surface area contributed by atoms with E-state index in [2.05, 4.69) is 9.98 Å². The van der Waals surface area contributed by atoms with Gasteiger partial charge in [0.05, 0.1) is 19.8 Å². The first-order valence-electron chi connectivity index (χ1n) is 8.61. The molecule has 25 heavy (non-hydrogen) atoms. The second-order valence-corrected chi connectivity index (χ2v) is 7.77. The number of hydrogen-bond donors (Lipinski definition) is 0. The Balaban J connectivity index is 2.03. The molecule has 0 aromatic carbocycles. The molecule has 1 aliphatic carbocycles. The average Bonchev–Trinajstić information content (AvgIpc) is 2.62. The molecule has 0 N–H and O–H groups in total. The van der Waals surface area contributed by atoms with E-state index in [1.165, 1.54) is 36.7 Å². The number of rotatable bonds is 3. The van der Waals surface area contributed by atoms with Crippen LogP contribution < -0.4 is 0 Å². The number of aliphatic imine (C=N–C) groups is 2. The first kappa shape index (κ1) is 18.0. The van der Waals surface area contributed by atoms with Gasteiger partial charge in [0.2, 0.25) is 5.84 Å². The fraction of sp³-hybridized carbons (Fsp3) is 0.647. The molecule has 0 aromatic heterocycles. The van der Waals surface area contributed by atoms with E-state index in [0.29, 0.717) is 16.7 Å². The van der Waals surface area contributed by atoms with Crippen LogP contribution >= 0.6 is 11.8 Å². The summed E-state index contributed by atoms with van der Waals surface area (Å²) >= 11 is 1.28. The molecule has 3 amide bonds. The molecule has 1 unspecified atom stereocenters. The Morgan fingerprint density at radius 1 is 1.24 bits per heavy atom. The summed E-state index contributed by atoms with van der Waals surface area (Å²) in [6, 6.07) is -0.388. The summed E-state index contributed by atoms with van der Waals surface area (Å²) in [6.45, 7) is 1.52. The third-order valence-electron chi connectivity index (χ3n) is 4.85. The molecule has 3 aliphatic rings. The number of urea groups is 1. The van der Waals surface area contributed by atoms with Crippen LogP contribution in [0.2, 0.25) is 0 Å². The maximum Gasteiger partial charge on any atom is 0.445 e. The normalized spacial score (nSPS) is 24.9. The van der Waals surface area contributed by atoms with Crippen molar-refractivity contribution in [3.05, 3.63) is 0 Å². The van der Waals surface area contributed by atoms with Crippen LogP contribution in [0.15, 0.2) is 9.98 Å². The van der Waals surface area contributed by atoms with Crippen LogP contribution in [-0.2, 0) is 9.59 Å². The number of Topliss-reactive ketones (excluding diaryl/α,β-unsaturated/α-hetero) is 1. The highest BCUT2D eigenvalue weighted by Gasteiger charge is 2.49. The van der Waals surface area contributed by atoms with Gasteiger partial charge in [0.1, 0.15) is 10.8 Å². The van der Waals surface area contributed by atoms with E-state index in [0.717, 1.165) is 30.6 Å². The van der Waals surface area contributed by atoms with Crippen molar-refractivity contribution in [2.24, 2.45) is 21.8 Å². The molecular formula is C17H23N4O3S+. The fourth-order valence-corrected chi connectivity index (χ4v) is 4.31. The lowest BCUT2D eigenvalue weighted by atomic mass is 9.88. The van der Waals surface area contributed by atoms with Crippen LogP contribution in [0, 0.1) is 11.8 Å². The zero-order valence-corrected chi connectivity index (χ0v) is 15.6. The van der Waals surface area contributed by atoms with Crippen LogP contribution in [0.25, 0.3) is 0 Å². The van der Waals surface area contributed by atoms with E-state index in [1.54, 1.807) is 7.05 Å². The zero-order valence-electron chi connectivity index (χ0n) is 14.8. The number of fused-ring (bicyclic) bond motifs is 1. The van der Waals surface area contributed by atoms with Crippen molar-refractivity contribution in [2.45, 2.75) is 39.0 Å². The molecule has 0 aromatic rings. The topological polar surface area (TPSA) is 82.2 Å². The second-order valence-electron chi connectivity index (χ2n) is 6.78. The summed E-state index contributed by atoms with van der Waals surface area (Å²) in [6.07, 6.45) is 5.56. The van der Waals surface area contributed by atoms with Crippen molar-refractivity contribution in [1.29, 1.82) is 0 Å². The van der Waals surface area contributed by atoms with E-state index < -0.39 is 5.92 Å². The summed E-state index contributed by atoms with van der Waals surface area (Å²) in [5.41, 5.74) is 0. The molecule has 7 nitrogen and oxygen atoms in total. The molecule has 0 bridgehead atoms. The summed E-state index contributed by atoms with van der Waals surface area (Å²) in [7, 11) is 3.10. The van der Waals surface area contributed by atoms with Gasteiger partial charge in [0, 0.05) is 5.92 Å². The van der Waals surface area contributed by atoms with Crippen LogP contribution in [0.1, 0.15) is 39.0 Å². The number of nitrogens with zero attached hydrogens (tertiary/aromatic N) is 4. The molecular weight excluding hydrogens is 340 g/mol. The van der Waals surface area contributed by atoms with Gasteiger partial charge in [0.25, 0.3) is 5.84 Å². The van der Waals surface area contributed by atoms with Crippen LogP contribution in [-0.4, -0.2) is 63.8 Å². The molecule has 8 heteroatoms. The smallest absolute Gasteiger partial charge is 0.299 e. The van der Waals surface area contributed by atoms with Crippen molar-refractivity contribution in [3.63, 3.8) is 0 Å². The number of hydrogen-bond acceptors (Lipinski definition) is 6. The largest absolute Gasteiger partial charge is 0.445 e. The van der Waals surface area contributed by atoms with Gasteiger partial charge in [-0.25, -0.2) is 9.79 Å². The predicted molar refractivity (Wildman–Crippen MR) is 97.4 cm³/mol. The molecule has 0 radical (unpaired) electrons. The molecule has 1 saturated carbocycles. The average molecular weight is 363 g/mol. The SMILES string of the molecule is CC(=O)CSC1=NC(C2CCCCC2)=NC2=[N+](C)C(=O)N(C)C(=O)C12. The minimum atomic E-state index is -0.690.